The first-order valence-corrected chi connectivity index (χ1v) is 7.57. The number of hydrogen-bond acceptors (Lipinski definition) is 2. The van der Waals surface area contributed by atoms with Crippen LogP contribution in [0.4, 0.5) is 0 Å². The molecule has 0 aliphatic carbocycles. The third kappa shape index (κ3) is 4.25. The summed E-state index contributed by atoms with van der Waals surface area (Å²) in [4.78, 5) is 0. The molecule has 15 heavy (non-hydrogen) atoms. The molecule has 84 valence electrons. The number of hydrogen-bond donors (Lipinski definition) is 1. The highest BCUT2D eigenvalue weighted by molar-refractivity contribution is 8.33. The molecule has 3 nitrogen and oxygen atoms in total. The van der Waals surface area contributed by atoms with E-state index in [2.05, 4.69) is 0 Å². The summed E-state index contributed by atoms with van der Waals surface area (Å²) in [5, 5.41) is 0. The molecular weight excluding hydrogens is 232 g/mol. The first kappa shape index (κ1) is 12.6. The predicted octanol–water partition coefficient (Wildman–Crippen LogP) is 1.94. The monoisotopic (exact) mass is 246 g/mol. The summed E-state index contributed by atoms with van der Waals surface area (Å²) in [6, 6.07) is 5.98. The van der Waals surface area contributed by atoms with Gasteiger partial charge in [-0.3, -0.25) is 4.55 Å². The molecule has 0 saturated heterocycles. The van der Waals surface area contributed by atoms with E-state index in [0.717, 1.165) is 17.5 Å². The van der Waals surface area contributed by atoms with E-state index >= 15 is 0 Å². The van der Waals surface area contributed by atoms with Crippen molar-refractivity contribution in [2.75, 3.05) is 0 Å². The Balaban J connectivity index is 2.99. The summed E-state index contributed by atoms with van der Waals surface area (Å²) >= 11 is 0. The summed E-state index contributed by atoms with van der Waals surface area (Å²) in [7, 11) is -3.39. The van der Waals surface area contributed by atoms with Gasteiger partial charge in [-0.05, 0) is 24.5 Å². The van der Waals surface area contributed by atoms with Crippen molar-refractivity contribution in [3.05, 3.63) is 34.9 Å². The van der Waals surface area contributed by atoms with Gasteiger partial charge in [0.1, 0.15) is 0 Å². The van der Waals surface area contributed by atoms with Gasteiger partial charge in [0.05, 0.1) is 0 Å². The molecule has 5 heteroatoms. The van der Waals surface area contributed by atoms with Crippen LogP contribution in [-0.4, -0.2) is 13.3 Å². The number of aryl methyl sites for hydroxylation is 2. The fourth-order valence-corrected chi connectivity index (χ4v) is 2.65. The molecule has 1 unspecified atom stereocenters. The lowest BCUT2D eigenvalue weighted by Gasteiger charge is -2.02. The molecular formula is C10H14O3S2. The first-order chi connectivity index (χ1) is 6.92. The standard InChI is InChI=1S/C10H14O3S2/c1-3-9-5-4-8(2)10(6-9)7-14-15(11,12)13/h4-6H,3,7H2,1-2H3,(H-,11,12,13). The first-order valence-electron chi connectivity index (χ1n) is 4.62. The summed E-state index contributed by atoms with van der Waals surface area (Å²) in [5.41, 5.74) is 3.17. The van der Waals surface area contributed by atoms with E-state index in [4.69, 9.17) is 4.55 Å². The average Bonchev–Trinajstić information content (AvgIpc) is 2.15. The van der Waals surface area contributed by atoms with Gasteiger partial charge in [-0.1, -0.05) is 25.1 Å². The molecule has 0 heterocycles. The van der Waals surface area contributed by atoms with E-state index in [0.29, 0.717) is 16.1 Å². The maximum absolute atomic E-state index is 10.6. The van der Waals surface area contributed by atoms with Gasteiger partial charge >= 0.3 is 0 Å². The fourth-order valence-electron chi connectivity index (χ4n) is 1.24. The third-order valence-electron chi connectivity index (χ3n) is 2.19. The van der Waals surface area contributed by atoms with Crippen LogP contribution in [0.25, 0.3) is 0 Å². The van der Waals surface area contributed by atoms with Crippen molar-refractivity contribution in [3.63, 3.8) is 0 Å². The molecule has 0 aromatic heterocycles. The summed E-state index contributed by atoms with van der Waals surface area (Å²) in [6.45, 7) is 3.98. The van der Waals surface area contributed by atoms with Gasteiger partial charge in [0, 0.05) is 5.56 Å². The van der Waals surface area contributed by atoms with E-state index < -0.39 is 9.05 Å². The van der Waals surface area contributed by atoms with Crippen LogP contribution in [0.15, 0.2) is 18.2 Å². The van der Waals surface area contributed by atoms with Crippen LogP contribution in [0.1, 0.15) is 23.6 Å². The summed E-state index contributed by atoms with van der Waals surface area (Å²) < 4.78 is 29.8. The quantitative estimate of drug-likeness (QED) is 0.829. The normalized spacial score (nSPS) is 14.7. The van der Waals surface area contributed by atoms with Gasteiger partial charge in [-0.25, -0.2) is 0 Å². The predicted molar refractivity (Wildman–Crippen MR) is 63.2 cm³/mol. The Labute approximate surface area is 93.8 Å². The highest BCUT2D eigenvalue weighted by Gasteiger charge is 2.07. The number of benzene rings is 1. The van der Waals surface area contributed by atoms with E-state index in [-0.39, 0.29) is 0 Å². The zero-order valence-corrected chi connectivity index (χ0v) is 10.4. The third-order valence-corrected chi connectivity index (χ3v) is 4.16. The lowest BCUT2D eigenvalue weighted by atomic mass is 10.1. The Kier molecular flexibility index (Phi) is 4.21. The molecule has 0 aliphatic rings. The lowest BCUT2D eigenvalue weighted by Crippen LogP contribution is -1.99. The Morgan fingerprint density at radius 3 is 2.73 bits per heavy atom. The van der Waals surface area contributed by atoms with Crippen molar-refractivity contribution >= 4 is 19.4 Å². The second-order valence-corrected chi connectivity index (χ2v) is 6.65. The fraction of sp³-hybridized carbons (Fsp3) is 0.400. The van der Waals surface area contributed by atoms with Crippen LogP contribution in [0.3, 0.4) is 0 Å². The van der Waals surface area contributed by atoms with Crippen molar-refractivity contribution in [3.8, 4) is 0 Å². The lowest BCUT2D eigenvalue weighted by molar-refractivity contribution is 0.432. The minimum atomic E-state index is -3.94. The SMILES string of the molecule is CCc1ccc(C)c(C[S+]=S(=O)([O-])O)c1. The molecule has 1 aromatic carbocycles. The highest BCUT2D eigenvalue weighted by atomic mass is 32.9. The number of rotatable bonds is 3. The van der Waals surface area contributed by atoms with Crippen molar-refractivity contribution in [2.45, 2.75) is 26.0 Å². The highest BCUT2D eigenvalue weighted by Crippen LogP contribution is 2.12. The molecule has 0 radical (unpaired) electrons. The van der Waals surface area contributed by atoms with Gasteiger partial charge in [0.25, 0.3) is 19.4 Å². The van der Waals surface area contributed by atoms with Gasteiger partial charge in [0.15, 0.2) is 0 Å². The second kappa shape index (κ2) is 5.03. The maximum atomic E-state index is 10.6. The Hall–Kier alpha value is -0.490. The molecule has 0 saturated carbocycles. The molecule has 1 aromatic rings. The molecule has 1 N–H and O–H groups in total. The van der Waals surface area contributed by atoms with Crippen molar-refractivity contribution in [1.82, 2.24) is 0 Å². The maximum Gasteiger partial charge on any atom is 0.257 e. The van der Waals surface area contributed by atoms with Crippen LogP contribution in [0.5, 0.6) is 0 Å². The van der Waals surface area contributed by atoms with E-state index in [1.54, 1.807) is 0 Å². The van der Waals surface area contributed by atoms with Crippen LogP contribution in [-0.2, 0) is 31.5 Å². The largest absolute Gasteiger partial charge is 0.712 e. The summed E-state index contributed by atoms with van der Waals surface area (Å²) in [5.74, 6) is 0.290. The zero-order chi connectivity index (χ0) is 11.5. The summed E-state index contributed by atoms with van der Waals surface area (Å²) in [6.07, 6.45) is 0.920. The van der Waals surface area contributed by atoms with E-state index in [1.165, 1.54) is 5.56 Å². The molecule has 0 fully saturated rings. The second-order valence-electron chi connectivity index (χ2n) is 3.30. The topological polar surface area (TPSA) is 60.4 Å². The van der Waals surface area contributed by atoms with Crippen LogP contribution in [0.2, 0.25) is 0 Å². The van der Waals surface area contributed by atoms with Crippen LogP contribution < -0.4 is 0 Å². The molecule has 0 bridgehead atoms. The smallest absolute Gasteiger partial charge is 0.257 e. The minimum absolute atomic E-state index is 0.290. The zero-order valence-electron chi connectivity index (χ0n) is 8.73. The molecule has 1 atom stereocenters. The molecule has 0 aliphatic heterocycles. The van der Waals surface area contributed by atoms with Crippen LogP contribution in [0, 0.1) is 6.92 Å². The van der Waals surface area contributed by atoms with Crippen molar-refractivity contribution in [2.24, 2.45) is 0 Å². The van der Waals surface area contributed by atoms with Crippen molar-refractivity contribution < 1.29 is 13.3 Å². The Bertz CT molecular complexity index is 452. The van der Waals surface area contributed by atoms with E-state index in [1.807, 2.05) is 32.0 Å². The van der Waals surface area contributed by atoms with Crippen molar-refractivity contribution in [1.29, 1.82) is 0 Å². The minimum Gasteiger partial charge on any atom is -0.712 e. The molecule has 0 spiro atoms. The van der Waals surface area contributed by atoms with Gasteiger partial charge in [-0.15, -0.1) is 0 Å². The average molecular weight is 246 g/mol. The Morgan fingerprint density at radius 1 is 1.53 bits per heavy atom. The van der Waals surface area contributed by atoms with Crippen LogP contribution >= 0.6 is 0 Å². The Morgan fingerprint density at radius 2 is 2.20 bits per heavy atom. The van der Waals surface area contributed by atoms with Gasteiger partial charge in [-0.2, -0.15) is 4.21 Å². The molecule has 1 rings (SSSR count). The molecule has 0 amide bonds. The van der Waals surface area contributed by atoms with Gasteiger partial charge < -0.3 is 4.55 Å². The van der Waals surface area contributed by atoms with E-state index in [9.17, 15) is 8.76 Å². The van der Waals surface area contributed by atoms with Gasteiger partial charge in [0.2, 0.25) is 5.75 Å².